The number of aryl methyl sites for hydroxylation is 2. The van der Waals surface area contributed by atoms with Gasteiger partial charge in [0.1, 0.15) is 5.75 Å². The fraction of sp³-hybridized carbons (Fsp3) is 0.300. The number of anilines is 1. The molecule has 1 atom stereocenters. The predicted molar refractivity (Wildman–Crippen MR) is 99.1 cm³/mol. The minimum Gasteiger partial charge on any atom is -0.480 e. The second kappa shape index (κ2) is 8.33. The third-order valence-corrected chi connectivity index (χ3v) is 3.80. The molecule has 0 saturated heterocycles. The van der Waals surface area contributed by atoms with Crippen LogP contribution in [0.25, 0.3) is 0 Å². The van der Waals surface area contributed by atoms with Crippen LogP contribution in [0.15, 0.2) is 42.5 Å². The Hall–Kier alpha value is -2.82. The van der Waals surface area contributed by atoms with Crippen LogP contribution in [0, 0.1) is 13.8 Å². The lowest BCUT2D eigenvalue weighted by Gasteiger charge is -2.18. The van der Waals surface area contributed by atoms with Crippen molar-refractivity contribution in [3.63, 3.8) is 0 Å². The number of hydrogen-bond acceptors (Lipinski definition) is 3. The van der Waals surface area contributed by atoms with Crippen molar-refractivity contribution in [3.05, 3.63) is 59.2 Å². The van der Waals surface area contributed by atoms with Crippen LogP contribution in [-0.2, 0) is 4.79 Å². The molecule has 0 aliphatic carbocycles. The second-order valence-corrected chi connectivity index (χ2v) is 5.91. The lowest BCUT2D eigenvalue weighted by molar-refractivity contribution is -0.122. The highest BCUT2D eigenvalue weighted by atomic mass is 16.5. The van der Waals surface area contributed by atoms with Crippen LogP contribution in [0.1, 0.15) is 35.3 Å². The number of carbonyl (C=O) groups excluding carboxylic acids is 2. The molecular formula is C20H24N2O3. The standard InChI is InChI=1S/C20H24N2O3/c1-5-21-20(24)16-10-7-11-17(12-16)22-19(23)15(4)25-18-13(2)8-6-9-14(18)3/h6-12,15H,5H2,1-4H3,(H,21,24)(H,22,23). The van der Waals surface area contributed by atoms with Crippen molar-refractivity contribution in [2.45, 2.75) is 33.8 Å². The summed E-state index contributed by atoms with van der Waals surface area (Å²) in [6.07, 6.45) is -0.659. The number of hydrogen-bond donors (Lipinski definition) is 2. The molecule has 25 heavy (non-hydrogen) atoms. The van der Waals surface area contributed by atoms with Gasteiger partial charge in [0.25, 0.3) is 11.8 Å². The number of amides is 2. The molecule has 132 valence electrons. The number of ether oxygens (including phenoxy) is 1. The molecule has 0 aliphatic rings. The molecule has 0 heterocycles. The summed E-state index contributed by atoms with van der Waals surface area (Å²) in [4.78, 5) is 24.3. The lowest BCUT2D eigenvalue weighted by atomic mass is 10.1. The van der Waals surface area contributed by atoms with E-state index in [1.807, 2.05) is 39.0 Å². The third kappa shape index (κ3) is 4.83. The van der Waals surface area contributed by atoms with Gasteiger partial charge < -0.3 is 15.4 Å². The highest BCUT2D eigenvalue weighted by Gasteiger charge is 2.17. The van der Waals surface area contributed by atoms with Crippen molar-refractivity contribution in [2.24, 2.45) is 0 Å². The Morgan fingerprint density at radius 2 is 1.72 bits per heavy atom. The van der Waals surface area contributed by atoms with Gasteiger partial charge in [-0.2, -0.15) is 0 Å². The van der Waals surface area contributed by atoms with Gasteiger partial charge in [-0.3, -0.25) is 9.59 Å². The third-order valence-electron chi connectivity index (χ3n) is 3.80. The molecule has 0 radical (unpaired) electrons. The second-order valence-electron chi connectivity index (χ2n) is 5.91. The number of para-hydroxylation sites is 1. The zero-order valence-electron chi connectivity index (χ0n) is 15.1. The fourth-order valence-corrected chi connectivity index (χ4v) is 2.46. The van der Waals surface area contributed by atoms with Gasteiger partial charge in [-0.1, -0.05) is 24.3 Å². The smallest absolute Gasteiger partial charge is 0.265 e. The van der Waals surface area contributed by atoms with E-state index in [2.05, 4.69) is 10.6 Å². The first-order valence-corrected chi connectivity index (χ1v) is 8.34. The molecule has 5 nitrogen and oxygen atoms in total. The van der Waals surface area contributed by atoms with Crippen molar-refractivity contribution in [2.75, 3.05) is 11.9 Å². The minimum absolute atomic E-state index is 0.168. The van der Waals surface area contributed by atoms with Gasteiger partial charge in [-0.25, -0.2) is 0 Å². The van der Waals surface area contributed by atoms with E-state index in [1.165, 1.54) is 0 Å². The van der Waals surface area contributed by atoms with Crippen LogP contribution in [0.2, 0.25) is 0 Å². The molecule has 0 fully saturated rings. The van der Waals surface area contributed by atoms with Crippen LogP contribution < -0.4 is 15.4 Å². The summed E-state index contributed by atoms with van der Waals surface area (Å²) in [6.45, 7) is 8.01. The molecule has 2 rings (SSSR count). The Morgan fingerprint density at radius 1 is 1.08 bits per heavy atom. The molecule has 2 N–H and O–H groups in total. The average molecular weight is 340 g/mol. The zero-order chi connectivity index (χ0) is 18.4. The fourth-order valence-electron chi connectivity index (χ4n) is 2.46. The zero-order valence-corrected chi connectivity index (χ0v) is 15.1. The topological polar surface area (TPSA) is 67.4 Å². The summed E-state index contributed by atoms with van der Waals surface area (Å²) < 4.78 is 5.83. The van der Waals surface area contributed by atoms with Crippen LogP contribution in [0.5, 0.6) is 5.75 Å². The van der Waals surface area contributed by atoms with E-state index in [1.54, 1.807) is 31.2 Å². The van der Waals surface area contributed by atoms with E-state index in [4.69, 9.17) is 4.74 Å². The molecule has 0 saturated carbocycles. The molecule has 0 spiro atoms. The van der Waals surface area contributed by atoms with Crippen molar-refractivity contribution in [1.29, 1.82) is 0 Å². The van der Waals surface area contributed by atoms with Crippen LogP contribution >= 0.6 is 0 Å². The Kier molecular flexibility index (Phi) is 6.17. The SMILES string of the molecule is CCNC(=O)c1cccc(NC(=O)C(C)Oc2c(C)cccc2C)c1. The summed E-state index contributed by atoms with van der Waals surface area (Å²) in [5, 5.41) is 5.53. The van der Waals surface area contributed by atoms with Gasteiger partial charge >= 0.3 is 0 Å². The lowest BCUT2D eigenvalue weighted by Crippen LogP contribution is -2.30. The van der Waals surface area contributed by atoms with Gasteiger partial charge in [0, 0.05) is 17.8 Å². The molecule has 2 amide bonds. The molecule has 0 aliphatic heterocycles. The van der Waals surface area contributed by atoms with Crippen molar-refractivity contribution in [3.8, 4) is 5.75 Å². The average Bonchev–Trinajstić information content (AvgIpc) is 2.58. The first kappa shape index (κ1) is 18.5. The first-order chi connectivity index (χ1) is 11.9. The van der Waals surface area contributed by atoms with E-state index in [-0.39, 0.29) is 11.8 Å². The Balaban J connectivity index is 2.06. The predicted octanol–water partition coefficient (Wildman–Crippen LogP) is 3.46. The summed E-state index contributed by atoms with van der Waals surface area (Å²) in [5.74, 6) is 0.287. The molecule has 5 heteroatoms. The molecular weight excluding hydrogens is 316 g/mol. The van der Waals surface area contributed by atoms with E-state index >= 15 is 0 Å². The first-order valence-electron chi connectivity index (χ1n) is 8.34. The van der Waals surface area contributed by atoms with E-state index in [9.17, 15) is 9.59 Å². The Bertz CT molecular complexity index is 751. The molecule has 1 unspecified atom stereocenters. The summed E-state index contributed by atoms with van der Waals surface area (Å²) in [5.41, 5.74) is 3.03. The van der Waals surface area contributed by atoms with Crippen LogP contribution in [-0.4, -0.2) is 24.5 Å². The number of rotatable bonds is 6. The monoisotopic (exact) mass is 340 g/mol. The van der Waals surface area contributed by atoms with Crippen molar-refractivity contribution < 1.29 is 14.3 Å². The Labute approximate surface area is 148 Å². The highest BCUT2D eigenvalue weighted by Crippen LogP contribution is 2.24. The summed E-state index contributed by atoms with van der Waals surface area (Å²) >= 11 is 0. The molecule has 0 aromatic heterocycles. The maximum Gasteiger partial charge on any atom is 0.265 e. The van der Waals surface area contributed by atoms with Gasteiger partial charge in [-0.05, 0) is 57.0 Å². The van der Waals surface area contributed by atoms with Gasteiger partial charge in [0.05, 0.1) is 0 Å². The number of nitrogens with one attached hydrogen (secondary N) is 2. The van der Waals surface area contributed by atoms with E-state index < -0.39 is 6.10 Å². The van der Waals surface area contributed by atoms with Crippen LogP contribution in [0.3, 0.4) is 0 Å². The van der Waals surface area contributed by atoms with E-state index in [0.717, 1.165) is 16.9 Å². The minimum atomic E-state index is -0.659. The van der Waals surface area contributed by atoms with Crippen molar-refractivity contribution in [1.82, 2.24) is 5.32 Å². The summed E-state index contributed by atoms with van der Waals surface area (Å²) in [7, 11) is 0. The number of benzene rings is 2. The molecule has 2 aromatic carbocycles. The molecule has 0 bridgehead atoms. The quantitative estimate of drug-likeness (QED) is 0.846. The normalized spacial score (nSPS) is 11.5. The Morgan fingerprint density at radius 3 is 2.36 bits per heavy atom. The van der Waals surface area contributed by atoms with Crippen LogP contribution in [0.4, 0.5) is 5.69 Å². The van der Waals surface area contributed by atoms with Gasteiger partial charge in [0.2, 0.25) is 0 Å². The maximum absolute atomic E-state index is 12.4. The van der Waals surface area contributed by atoms with E-state index in [0.29, 0.717) is 17.8 Å². The van der Waals surface area contributed by atoms with Crippen molar-refractivity contribution >= 4 is 17.5 Å². The molecule has 2 aromatic rings. The van der Waals surface area contributed by atoms with Gasteiger partial charge in [-0.15, -0.1) is 0 Å². The maximum atomic E-state index is 12.4. The summed E-state index contributed by atoms with van der Waals surface area (Å²) in [6, 6.07) is 12.7. The largest absolute Gasteiger partial charge is 0.480 e. The van der Waals surface area contributed by atoms with Gasteiger partial charge in [0.15, 0.2) is 6.10 Å². The number of carbonyl (C=O) groups is 2. The highest BCUT2D eigenvalue weighted by molar-refractivity contribution is 5.98.